The molecule has 3 nitrogen and oxygen atoms in total. The van der Waals surface area contributed by atoms with Crippen molar-refractivity contribution in [1.82, 2.24) is 10.2 Å². The fourth-order valence-corrected chi connectivity index (χ4v) is 2.62. The molecule has 0 aromatic heterocycles. The highest BCUT2D eigenvalue weighted by atomic mass is 15.2. The summed E-state index contributed by atoms with van der Waals surface area (Å²) in [5, 5.41) is 3.39. The average molecular weight is 231 g/mol. The number of hydrogen-bond donors (Lipinski definition) is 2. The molecule has 0 atom stereocenters. The summed E-state index contributed by atoms with van der Waals surface area (Å²) in [6, 6.07) is 6.64. The summed E-state index contributed by atoms with van der Waals surface area (Å²) in [6.45, 7) is 5.56. The predicted octanol–water partition coefficient (Wildman–Crippen LogP) is 1.55. The molecule has 1 saturated heterocycles. The molecule has 3 N–H and O–H groups in total. The maximum absolute atomic E-state index is 6.00. The molecule has 1 heterocycles. The lowest BCUT2D eigenvalue weighted by atomic mass is 10.1. The Kier molecular flexibility index (Phi) is 3.04. The second-order valence-electron chi connectivity index (χ2n) is 5.31. The lowest BCUT2D eigenvalue weighted by molar-refractivity contribution is 0.233. The lowest BCUT2D eigenvalue weighted by Gasteiger charge is -2.27. The number of piperazine rings is 1. The molecule has 0 spiro atoms. The molecule has 17 heavy (non-hydrogen) atoms. The Morgan fingerprint density at radius 1 is 1.18 bits per heavy atom. The van der Waals surface area contributed by atoms with Crippen molar-refractivity contribution in [3.63, 3.8) is 0 Å². The van der Waals surface area contributed by atoms with E-state index in [1.807, 2.05) is 0 Å². The predicted molar refractivity (Wildman–Crippen MR) is 71.0 cm³/mol. The minimum Gasteiger partial charge on any atom is -0.399 e. The van der Waals surface area contributed by atoms with E-state index in [0.717, 1.165) is 44.3 Å². The molecule has 2 fully saturated rings. The quantitative estimate of drug-likeness (QED) is 0.776. The van der Waals surface area contributed by atoms with Crippen LogP contribution in [0.1, 0.15) is 29.9 Å². The Balaban J connectivity index is 1.72. The van der Waals surface area contributed by atoms with Crippen molar-refractivity contribution < 1.29 is 0 Å². The van der Waals surface area contributed by atoms with Crippen LogP contribution in [0.2, 0.25) is 0 Å². The van der Waals surface area contributed by atoms with Crippen LogP contribution in [0.3, 0.4) is 0 Å². The third-order valence-electron chi connectivity index (χ3n) is 3.70. The van der Waals surface area contributed by atoms with Crippen LogP contribution in [0.15, 0.2) is 18.2 Å². The number of anilines is 1. The Morgan fingerprint density at radius 2 is 1.94 bits per heavy atom. The highest BCUT2D eigenvalue weighted by Gasteiger charge is 2.24. The van der Waals surface area contributed by atoms with Gasteiger partial charge in [0, 0.05) is 38.4 Å². The summed E-state index contributed by atoms with van der Waals surface area (Å²) in [7, 11) is 0. The van der Waals surface area contributed by atoms with Crippen LogP contribution in [-0.2, 0) is 6.54 Å². The van der Waals surface area contributed by atoms with Gasteiger partial charge < -0.3 is 11.1 Å². The van der Waals surface area contributed by atoms with E-state index in [9.17, 15) is 0 Å². The van der Waals surface area contributed by atoms with Crippen LogP contribution in [0.4, 0.5) is 5.69 Å². The fraction of sp³-hybridized carbons (Fsp3) is 0.571. The first kappa shape index (κ1) is 11.1. The van der Waals surface area contributed by atoms with E-state index in [0.29, 0.717) is 0 Å². The molecule has 1 aromatic carbocycles. The molecule has 3 rings (SSSR count). The smallest absolute Gasteiger partial charge is 0.0320 e. The number of benzene rings is 1. The number of nitrogens with two attached hydrogens (primary N) is 1. The largest absolute Gasteiger partial charge is 0.399 e. The number of rotatable bonds is 3. The van der Waals surface area contributed by atoms with Gasteiger partial charge in [0.05, 0.1) is 0 Å². The van der Waals surface area contributed by atoms with Gasteiger partial charge in [-0.3, -0.25) is 4.90 Å². The summed E-state index contributed by atoms with van der Waals surface area (Å²) in [5.41, 5.74) is 9.77. The molecule has 2 aliphatic rings. The molecule has 1 aromatic rings. The molecular weight excluding hydrogens is 210 g/mol. The van der Waals surface area contributed by atoms with Gasteiger partial charge in [0.25, 0.3) is 0 Å². The van der Waals surface area contributed by atoms with Gasteiger partial charge in [-0.05, 0) is 42.0 Å². The summed E-state index contributed by atoms with van der Waals surface area (Å²) in [5.74, 6) is 0.792. The number of nitrogens with zero attached hydrogens (tertiary/aromatic N) is 1. The van der Waals surface area contributed by atoms with Crippen molar-refractivity contribution in [1.29, 1.82) is 0 Å². The van der Waals surface area contributed by atoms with Crippen molar-refractivity contribution in [2.45, 2.75) is 25.3 Å². The molecule has 3 heteroatoms. The van der Waals surface area contributed by atoms with Gasteiger partial charge in [0.15, 0.2) is 0 Å². The molecule has 1 aliphatic carbocycles. The van der Waals surface area contributed by atoms with Gasteiger partial charge in [-0.1, -0.05) is 6.07 Å². The minimum atomic E-state index is 0.792. The van der Waals surface area contributed by atoms with Crippen LogP contribution >= 0.6 is 0 Å². The van der Waals surface area contributed by atoms with E-state index in [1.54, 1.807) is 0 Å². The molecule has 0 amide bonds. The first-order chi connectivity index (χ1) is 8.31. The first-order valence-electron chi connectivity index (χ1n) is 6.64. The van der Waals surface area contributed by atoms with Crippen molar-refractivity contribution >= 4 is 5.69 Å². The SMILES string of the molecule is Nc1cc(CN2CCNCC2)cc(C2CC2)c1. The van der Waals surface area contributed by atoms with Crippen molar-refractivity contribution in [2.75, 3.05) is 31.9 Å². The third-order valence-corrected chi connectivity index (χ3v) is 3.70. The van der Waals surface area contributed by atoms with E-state index >= 15 is 0 Å². The van der Waals surface area contributed by atoms with Crippen molar-refractivity contribution in [3.8, 4) is 0 Å². The van der Waals surface area contributed by atoms with Gasteiger partial charge >= 0.3 is 0 Å². The fourth-order valence-electron chi connectivity index (χ4n) is 2.62. The average Bonchev–Trinajstić information content (AvgIpc) is 3.13. The van der Waals surface area contributed by atoms with E-state index in [2.05, 4.69) is 28.4 Å². The summed E-state index contributed by atoms with van der Waals surface area (Å²) in [6.07, 6.45) is 2.69. The number of nitrogens with one attached hydrogen (secondary N) is 1. The highest BCUT2D eigenvalue weighted by Crippen LogP contribution is 2.41. The maximum atomic E-state index is 6.00. The maximum Gasteiger partial charge on any atom is 0.0320 e. The van der Waals surface area contributed by atoms with Gasteiger partial charge in [-0.15, -0.1) is 0 Å². The second-order valence-corrected chi connectivity index (χ2v) is 5.31. The highest BCUT2D eigenvalue weighted by molar-refractivity contribution is 5.46. The summed E-state index contributed by atoms with van der Waals surface area (Å²) in [4.78, 5) is 2.50. The standard InChI is InChI=1S/C14H21N3/c15-14-8-11(7-13(9-14)12-1-2-12)10-17-5-3-16-4-6-17/h7-9,12,16H,1-6,10,15H2. The number of nitrogen functional groups attached to an aromatic ring is 1. The van der Waals surface area contributed by atoms with E-state index < -0.39 is 0 Å². The van der Waals surface area contributed by atoms with Crippen LogP contribution in [-0.4, -0.2) is 31.1 Å². The van der Waals surface area contributed by atoms with Gasteiger partial charge in [0.1, 0.15) is 0 Å². The van der Waals surface area contributed by atoms with Gasteiger partial charge in [-0.25, -0.2) is 0 Å². The zero-order chi connectivity index (χ0) is 11.7. The van der Waals surface area contributed by atoms with Gasteiger partial charge in [0.2, 0.25) is 0 Å². The molecular formula is C14H21N3. The van der Waals surface area contributed by atoms with E-state index in [4.69, 9.17) is 5.73 Å². The Bertz CT molecular complexity index is 392. The van der Waals surface area contributed by atoms with Crippen LogP contribution in [0.25, 0.3) is 0 Å². The molecule has 1 aliphatic heterocycles. The Hall–Kier alpha value is -1.06. The molecule has 0 unspecified atom stereocenters. The molecule has 0 radical (unpaired) electrons. The zero-order valence-electron chi connectivity index (χ0n) is 10.3. The van der Waals surface area contributed by atoms with Crippen LogP contribution < -0.4 is 11.1 Å². The van der Waals surface area contributed by atoms with Crippen LogP contribution in [0.5, 0.6) is 0 Å². The van der Waals surface area contributed by atoms with E-state index in [-0.39, 0.29) is 0 Å². The lowest BCUT2D eigenvalue weighted by Crippen LogP contribution is -2.42. The summed E-state index contributed by atoms with van der Waals surface area (Å²) >= 11 is 0. The van der Waals surface area contributed by atoms with Gasteiger partial charge in [-0.2, -0.15) is 0 Å². The monoisotopic (exact) mass is 231 g/mol. The first-order valence-corrected chi connectivity index (χ1v) is 6.64. The number of hydrogen-bond acceptors (Lipinski definition) is 3. The zero-order valence-corrected chi connectivity index (χ0v) is 10.3. The van der Waals surface area contributed by atoms with Crippen molar-refractivity contribution in [3.05, 3.63) is 29.3 Å². The normalized spacial score (nSPS) is 21.6. The molecule has 1 saturated carbocycles. The third kappa shape index (κ3) is 2.79. The van der Waals surface area contributed by atoms with E-state index in [1.165, 1.54) is 24.0 Å². The molecule has 0 bridgehead atoms. The Labute approximate surface area is 103 Å². The summed E-state index contributed by atoms with van der Waals surface area (Å²) < 4.78 is 0. The second kappa shape index (κ2) is 4.67. The Morgan fingerprint density at radius 3 is 2.65 bits per heavy atom. The van der Waals surface area contributed by atoms with Crippen LogP contribution in [0, 0.1) is 0 Å². The van der Waals surface area contributed by atoms with Crippen molar-refractivity contribution in [2.24, 2.45) is 0 Å². The molecule has 92 valence electrons. The minimum absolute atomic E-state index is 0.792. The topological polar surface area (TPSA) is 41.3 Å².